The molecule has 1 saturated heterocycles. The summed E-state index contributed by atoms with van der Waals surface area (Å²) >= 11 is 5.65. The summed E-state index contributed by atoms with van der Waals surface area (Å²) < 4.78 is 6.90. The molecule has 3 heterocycles. The molecule has 198 valence electrons. The van der Waals surface area contributed by atoms with Crippen LogP contribution in [0.4, 0.5) is 5.69 Å². The number of rotatable bonds is 4. The lowest BCUT2D eigenvalue weighted by molar-refractivity contribution is 0.0303. The molecule has 5 rings (SSSR count). The highest BCUT2D eigenvalue weighted by atomic mass is 32.1. The quantitative estimate of drug-likeness (QED) is 0.304. The average molecular weight is 533 g/mol. The first-order valence-corrected chi connectivity index (χ1v) is 13.2. The minimum atomic E-state index is -0.163. The van der Waals surface area contributed by atoms with E-state index in [-0.39, 0.29) is 11.5 Å². The number of carbonyl (C=O) groups excluding carboxylic acids is 1. The number of aromatic amines is 1. The van der Waals surface area contributed by atoms with Gasteiger partial charge in [-0.3, -0.25) is 20.1 Å². The second-order valence-corrected chi connectivity index (χ2v) is 10.2. The van der Waals surface area contributed by atoms with Crippen LogP contribution in [0.3, 0.4) is 0 Å². The Hall–Kier alpha value is -3.76. The van der Waals surface area contributed by atoms with Crippen LogP contribution in [0, 0.1) is 20.8 Å². The van der Waals surface area contributed by atoms with Crippen molar-refractivity contribution in [2.75, 3.05) is 37.7 Å². The number of benzene rings is 2. The molecule has 0 saturated carbocycles. The van der Waals surface area contributed by atoms with Gasteiger partial charge in [-0.2, -0.15) is 5.10 Å². The van der Waals surface area contributed by atoms with Crippen LogP contribution < -0.4 is 15.9 Å². The Morgan fingerprint density at radius 1 is 1.05 bits per heavy atom. The van der Waals surface area contributed by atoms with Crippen molar-refractivity contribution in [3.8, 4) is 5.69 Å². The zero-order chi connectivity index (χ0) is 27.0. The maximum absolute atomic E-state index is 13.2. The molecule has 38 heavy (non-hydrogen) atoms. The topological polar surface area (TPSA) is 95.0 Å². The standard InChI is InChI=1S/C28H32N6O3S/c1-17-5-7-23(15-18(17)2)34-27(36)25(20(4)31-34)19(3)29-30-28(38)33-10-9-21-16-22(6-8-24(21)33)26(35)32-11-13-37-14-12-32/h5-8,15-16,31H,9-14H2,1-4H3,(H,30,38)/b29-19+. The van der Waals surface area contributed by atoms with Crippen LogP contribution in [0.15, 0.2) is 46.3 Å². The molecule has 0 radical (unpaired) electrons. The third-order valence-electron chi connectivity index (χ3n) is 7.27. The van der Waals surface area contributed by atoms with E-state index in [1.165, 1.54) is 5.56 Å². The first-order chi connectivity index (χ1) is 18.2. The van der Waals surface area contributed by atoms with Crippen LogP contribution in [0.25, 0.3) is 5.69 Å². The van der Waals surface area contributed by atoms with E-state index in [4.69, 9.17) is 17.0 Å². The largest absolute Gasteiger partial charge is 0.378 e. The van der Waals surface area contributed by atoms with Crippen molar-refractivity contribution in [3.05, 3.63) is 80.3 Å². The fourth-order valence-electron chi connectivity index (χ4n) is 4.96. The lowest BCUT2D eigenvalue weighted by Gasteiger charge is -2.27. The van der Waals surface area contributed by atoms with Gasteiger partial charge in [0.05, 0.1) is 30.2 Å². The number of H-pyrrole nitrogens is 1. The van der Waals surface area contributed by atoms with Gasteiger partial charge >= 0.3 is 0 Å². The SMILES string of the molecule is C/C(=N\NC(=S)N1CCc2cc(C(=O)N3CCOCC3)ccc21)c1c(C)[nH]n(-c2ccc(C)c(C)c2)c1=O. The number of aromatic nitrogens is 2. The van der Waals surface area contributed by atoms with Crippen molar-refractivity contribution < 1.29 is 9.53 Å². The molecule has 0 bridgehead atoms. The van der Waals surface area contributed by atoms with Crippen LogP contribution in [0.5, 0.6) is 0 Å². The molecule has 0 aliphatic carbocycles. The van der Waals surface area contributed by atoms with Gasteiger partial charge in [-0.05, 0) is 93.4 Å². The summed E-state index contributed by atoms with van der Waals surface area (Å²) in [4.78, 5) is 29.9. The normalized spacial score (nSPS) is 15.5. The lowest BCUT2D eigenvalue weighted by atomic mass is 10.1. The fraction of sp³-hybridized carbons (Fsp3) is 0.357. The highest BCUT2D eigenvalue weighted by Crippen LogP contribution is 2.29. The van der Waals surface area contributed by atoms with Crippen LogP contribution in [0.2, 0.25) is 0 Å². The van der Waals surface area contributed by atoms with Crippen molar-refractivity contribution in [1.82, 2.24) is 20.1 Å². The molecule has 10 heteroatoms. The monoisotopic (exact) mass is 532 g/mol. The molecular weight excluding hydrogens is 500 g/mol. The van der Waals surface area contributed by atoms with Gasteiger partial charge in [0.2, 0.25) is 0 Å². The third-order valence-corrected chi connectivity index (χ3v) is 7.58. The number of hydrogen-bond donors (Lipinski definition) is 2. The third kappa shape index (κ3) is 4.89. The van der Waals surface area contributed by atoms with Crippen LogP contribution in [-0.4, -0.2) is 64.3 Å². The Morgan fingerprint density at radius 3 is 2.55 bits per heavy atom. The summed E-state index contributed by atoms with van der Waals surface area (Å²) in [5.41, 5.74) is 10.4. The van der Waals surface area contributed by atoms with Gasteiger partial charge in [-0.1, -0.05) is 6.07 Å². The summed E-state index contributed by atoms with van der Waals surface area (Å²) in [5.74, 6) is 0.0313. The molecule has 0 unspecified atom stereocenters. The fourth-order valence-corrected chi connectivity index (χ4v) is 5.20. The predicted molar refractivity (Wildman–Crippen MR) is 153 cm³/mol. The summed E-state index contributed by atoms with van der Waals surface area (Å²) in [7, 11) is 0. The molecule has 2 aliphatic heterocycles. The lowest BCUT2D eigenvalue weighted by Crippen LogP contribution is -2.40. The second kappa shape index (κ2) is 10.5. The maximum atomic E-state index is 13.2. The van der Waals surface area contributed by atoms with Gasteiger partial charge in [-0.25, -0.2) is 4.68 Å². The van der Waals surface area contributed by atoms with E-state index in [0.29, 0.717) is 54.8 Å². The number of morpholine rings is 1. The number of nitrogens with zero attached hydrogens (tertiary/aromatic N) is 4. The number of nitrogens with one attached hydrogen (secondary N) is 2. The van der Waals surface area contributed by atoms with Gasteiger partial charge in [0, 0.05) is 36.6 Å². The Morgan fingerprint density at radius 2 is 1.82 bits per heavy atom. The Labute approximate surface area is 227 Å². The predicted octanol–water partition coefficient (Wildman–Crippen LogP) is 3.22. The Kier molecular flexibility index (Phi) is 7.18. The van der Waals surface area contributed by atoms with Crippen molar-refractivity contribution >= 4 is 34.6 Å². The van der Waals surface area contributed by atoms with E-state index in [2.05, 4.69) is 15.6 Å². The highest BCUT2D eigenvalue weighted by Gasteiger charge is 2.25. The van der Waals surface area contributed by atoms with Crippen LogP contribution in [0.1, 0.15) is 45.2 Å². The molecule has 2 aliphatic rings. The van der Waals surface area contributed by atoms with Gasteiger partial charge < -0.3 is 14.5 Å². The molecular formula is C28H32N6O3S. The summed E-state index contributed by atoms with van der Waals surface area (Å²) in [5, 5.41) is 8.06. The molecule has 9 nitrogen and oxygen atoms in total. The second-order valence-electron chi connectivity index (χ2n) is 9.78. The van der Waals surface area contributed by atoms with E-state index in [1.807, 2.05) is 67.0 Å². The smallest absolute Gasteiger partial charge is 0.280 e. The molecule has 1 aromatic heterocycles. The number of hydrogen-bond acceptors (Lipinski definition) is 5. The number of fused-ring (bicyclic) bond motifs is 1. The number of carbonyl (C=O) groups is 1. The van der Waals surface area contributed by atoms with Gasteiger partial charge in [0.15, 0.2) is 5.11 Å². The van der Waals surface area contributed by atoms with Crippen LogP contribution >= 0.6 is 12.2 Å². The Bertz CT molecular complexity index is 1500. The first kappa shape index (κ1) is 25.9. The molecule has 3 aromatic rings. The number of thiocarbonyl (C=S) groups is 1. The van der Waals surface area contributed by atoms with Crippen molar-refractivity contribution in [2.24, 2.45) is 5.10 Å². The summed E-state index contributed by atoms with van der Waals surface area (Å²) in [6, 6.07) is 11.7. The van der Waals surface area contributed by atoms with E-state index in [0.717, 1.165) is 34.6 Å². The van der Waals surface area contributed by atoms with Gasteiger partial charge in [0.25, 0.3) is 11.5 Å². The highest BCUT2D eigenvalue weighted by molar-refractivity contribution is 7.80. The van der Waals surface area contributed by atoms with Crippen molar-refractivity contribution in [2.45, 2.75) is 34.1 Å². The van der Waals surface area contributed by atoms with E-state index in [9.17, 15) is 9.59 Å². The van der Waals surface area contributed by atoms with E-state index >= 15 is 0 Å². The molecule has 0 spiro atoms. The number of ether oxygens (including phenoxy) is 1. The molecule has 2 aromatic carbocycles. The number of anilines is 1. The van der Waals surface area contributed by atoms with Crippen molar-refractivity contribution in [1.29, 1.82) is 0 Å². The number of amides is 1. The van der Waals surface area contributed by atoms with E-state index < -0.39 is 0 Å². The van der Waals surface area contributed by atoms with Gasteiger partial charge in [0.1, 0.15) is 0 Å². The zero-order valence-corrected chi connectivity index (χ0v) is 22.9. The van der Waals surface area contributed by atoms with Crippen LogP contribution in [-0.2, 0) is 11.2 Å². The average Bonchev–Trinajstić information content (AvgIpc) is 3.48. The van der Waals surface area contributed by atoms with E-state index in [1.54, 1.807) is 11.6 Å². The van der Waals surface area contributed by atoms with Gasteiger partial charge in [-0.15, -0.1) is 0 Å². The molecule has 1 amide bonds. The zero-order valence-electron chi connectivity index (χ0n) is 22.1. The minimum Gasteiger partial charge on any atom is -0.378 e. The number of hydrazone groups is 1. The Balaban J connectivity index is 1.30. The molecule has 1 fully saturated rings. The molecule has 2 N–H and O–H groups in total. The maximum Gasteiger partial charge on any atom is 0.280 e. The van der Waals surface area contributed by atoms with Crippen molar-refractivity contribution in [3.63, 3.8) is 0 Å². The minimum absolute atomic E-state index is 0.0313. The number of aryl methyl sites for hydroxylation is 3. The first-order valence-electron chi connectivity index (χ1n) is 12.8. The summed E-state index contributed by atoms with van der Waals surface area (Å²) in [6.45, 7) is 10.8. The molecule has 0 atom stereocenters. The summed E-state index contributed by atoms with van der Waals surface area (Å²) in [6.07, 6.45) is 0.779.